The molecule has 0 saturated heterocycles. The Morgan fingerprint density at radius 3 is 2.58 bits per heavy atom. The fraction of sp³-hybridized carbons (Fsp3) is 0.316. The van der Waals surface area contributed by atoms with Crippen molar-refractivity contribution < 1.29 is 17.6 Å². The maximum absolute atomic E-state index is 13.1. The van der Waals surface area contributed by atoms with Crippen molar-refractivity contribution in [3.63, 3.8) is 0 Å². The van der Waals surface area contributed by atoms with Crippen molar-refractivity contribution >= 4 is 15.9 Å². The fourth-order valence-electron chi connectivity index (χ4n) is 2.50. The van der Waals surface area contributed by atoms with Gasteiger partial charge in [-0.05, 0) is 55.2 Å². The van der Waals surface area contributed by atoms with Crippen LogP contribution in [0.1, 0.15) is 23.1 Å². The molecule has 0 radical (unpaired) electrons. The third-order valence-electron chi connectivity index (χ3n) is 3.90. The van der Waals surface area contributed by atoms with Gasteiger partial charge in [-0.3, -0.25) is 4.79 Å². The van der Waals surface area contributed by atoms with Gasteiger partial charge in [-0.1, -0.05) is 24.3 Å². The van der Waals surface area contributed by atoms with Crippen molar-refractivity contribution in [1.29, 1.82) is 0 Å². The van der Waals surface area contributed by atoms with E-state index in [9.17, 15) is 17.6 Å². The van der Waals surface area contributed by atoms with Gasteiger partial charge in [0.2, 0.25) is 15.9 Å². The number of sulfonamides is 1. The SMILES string of the molecule is Cc1ccc(C)c(S(=O)(=O)NCCNC(=O)CCc2cccc(F)c2)c1. The second kappa shape index (κ2) is 8.91. The van der Waals surface area contributed by atoms with Crippen molar-refractivity contribution in [1.82, 2.24) is 10.0 Å². The molecule has 1 amide bonds. The lowest BCUT2D eigenvalue weighted by Gasteiger charge is -2.11. The van der Waals surface area contributed by atoms with E-state index in [1.807, 2.05) is 13.0 Å². The Morgan fingerprint density at radius 2 is 1.85 bits per heavy atom. The van der Waals surface area contributed by atoms with Crippen LogP contribution in [0.15, 0.2) is 47.4 Å². The summed E-state index contributed by atoms with van der Waals surface area (Å²) in [4.78, 5) is 12.1. The van der Waals surface area contributed by atoms with Gasteiger partial charge in [-0.2, -0.15) is 0 Å². The van der Waals surface area contributed by atoms with Gasteiger partial charge in [0, 0.05) is 19.5 Å². The topological polar surface area (TPSA) is 75.3 Å². The minimum absolute atomic E-state index is 0.0986. The average molecular weight is 378 g/mol. The Morgan fingerprint density at radius 1 is 1.08 bits per heavy atom. The first-order chi connectivity index (χ1) is 12.3. The number of nitrogens with one attached hydrogen (secondary N) is 2. The van der Waals surface area contributed by atoms with E-state index < -0.39 is 10.0 Å². The first-order valence-corrected chi connectivity index (χ1v) is 9.84. The maximum atomic E-state index is 13.1. The van der Waals surface area contributed by atoms with E-state index >= 15 is 0 Å². The van der Waals surface area contributed by atoms with E-state index in [-0.39, 0.29) is 36.1 Å². The van der Waals surface area contributed by atoms with Crippen molar-refractivity contribution in [3.05, 3.63) is 65.0 Å². The Bertz CT molecular complexity index is 882. The smallest absolute Gasteiger partial charge is 0.240 e. The molecular formula is C19H23FN2O3S. The Balaban J connectivity index is 1.77. The summed E-state index contributed by atoms with van der Waals surface area (Å²) in [6, 6.07) is 11.3. The van der Waals surface area contributed by atoms with E-state index in [0.717, 1.165) is 11.1 Å². The van der Waals surface area contributed by atoms with Crippen molar-refractivity contribution in [2.24, 2.45) is 0 Å². The summed E-state index contributed by atoms with van der Waals surface area (Å²) in [5.41, 5.74) is 2.28. The van der Waals surface area contributed by atoms with E-state index in [0.29, 0.717) is 12.0 Å². The van der Waals surface area contributed by atoms with E-state index in [2.05, 4.69) is 10.0 Å². The Labute approximate surface area is 153 Å². The molecule has 2 N–H and O–H groups in total. The molecule has 0 bridgehead atoms. The summed E-state index contributed by atoms with van der Waals surface area (Å²) in [5.74, 6) is -0.538. The van der Waals surface area contributed by atoms with E-state index in [1.165, 1.54) is 12.1 Å². The van der Waals surface area contributed by atoms with E-state index in [4.69, 9.17) is 0 Å². The van der Waals surface area contributed by atoms with E-state index in [1.54, 1.807) is 31.2 Å². The molecule has 2 aromatic carbocycles. The number of amides is 1. The molecule has 140 valence electrons. The highest BCUT2D eigenvalue weighted by Crippen LogP contribution is 2.16. The zero-order chi connectivity index (χ0) is 19.2. The monoisotopic (exact) mass is 378 g/mol. The number of hydrogen-bond acceptors (Lipinski definition) is 3. The van der Waals surface area contributed by atoms with Crippen LogP contribution in [0.2, 0.25) is 0 Å². The van der Waals surface area contributed by atoms with Gasteiger partial charge in [0.25, 0.3) is 0 Å². The molecule has 0 saturated carbocycles. The summed E-state index contributed by atoms with van der Waals surface area (Å²) >= 11 is 0. The zero-order valence-electron chi connectivity index (χ0n) is 14.9. The number of benzene rings is 2. The normalized spacial score (nSPS) is 11.3. The highest BCUT2D eigenvalue weighted by Gasteiger charge is 2.16. The molecule has 0 atom stereocenters. The van der Waals surface area contributed by atoms with Crippen LogP contribution in [0, 0.1) is 19.7 Å². The fourth-order valence-corrected chi connectivity index (χ4v) is 3.86. The van der Waals surface area contributed by atoms with Gasteiger partial charge in [0.15, 0.2) is 0 Å². The predicted octanol–water partition coefficient (Wildman–Crippen LogP) is 2.47. The summed E-state index contributed by atoms with van der Waals surface area (Å²) in [5, 5.41) is 2.66. The summed E-state index contributed by atoms with van der Waals surface area (Å²) in [6.45, 7) is 3.85. The van der Waals surface area contributed by atoms with Crippen LogP contribution in [-0.2, 0) is 21.2 Å². The Kier molecular flexibility index (Phi) is 6.88. The Hall–Kier alpha value is -2.25. The number of hydrogen-bond donors (Lipinski definition) is 2. The molecule has 0 spiro atoms. The van der Waals surface area contributed by atoms with Crippen molar-refractivity contribution in [2.75, 3.05) is 13.1 Å². The molecule has 26 heavy (non-hydrogen) atoms. The predicted molar refractivity (Wildman–Crippen MR) is 98.8 cm³/mol. The quantitative estimate of drug-likeness (QED) is 0.693. The van der Waals surface area contributed by atoms with Crippen molar-refractivity contribution in [2.45, 2.75) is 31.6 Å². The van der Waals surface area contributed by atoms with Gasteiger partial charge < -0.3 is 5.32 Å². The second-order valence-electron chi connectivity index (χ2n) is 6.15. The van der Waals surface area contributed by atoms with Gasteiger partial charge >= 0.3 is 0 Å². The van der Waals surface area contributed by atoms with Crippen LogP contribution in [0.3, 0.4) is 0 Å². The largest absolute Gasteiger partial charge is 0.355 e. The molecule has 0 unspecified atom stereocenters. The highest BCUT2D eigenvalue weighted by atomic mass is 32.2. The molecule has 0 aromatic heterocycles. The highest BCUT2D eigenvalue weighted by molar-refractivity contribution is 7.89. The van der Waals surface area contributed by atoms with Gasteiger partial charge in [-0.15, -0.1) is 0 Å². The minimum atomic E-state index is -3.61. The van der Waals surface area contributed by atoms with Gasteiger partial charge in [-0.25, -0.2) is 17.5 Å². The van der Waals surface area contributed by atoms with Gasteiger partial charge in [0.05, 0.1) is 4.90 Å². The van der Waals surface area contributed by atoms with Crippen molar-refractivity contribution in [3.8, 4) is 0 Å². The third-order valence-corrected chi connectivity index (χ3v) is 5.51. The number of carbonyl (C=O) groups excluding carboxylic acids is 1. The van der Waals surface area contributed by atoms with Crippen LogP contribution >= 0.6 is 0 Å². The maximum Gasteiger partial charge on any atom is 0.240 e. The number of rotatable bonds is 8. The molecule has 0 fully saturated rings. The average Bonchev–Trinajstić information content (AvgIpc) is 2.59. The van der Waals surface area contributed by atoms with Crippen LogP contribution in [-0.4, -0.2) is 27.4 Å². The summed E-state index contributed by atoms with van der Waals surface area (Å²) in [6.07, 6.45) is 0.644. The first-order valence-electron chi connectivity index (χ1n) is 8.36. The van der Waals surface area contributed by atoms with Crippen LogP contribution < -0.4 is 10.0 Å². The zero-order valence-corrected chi connectivity index (χ0v) is 15.7. The molecule has 0 aliphatic heterocycles. The molecule has 0 aliphatic carbocycles. The number of carbonyl (C=O) groups is 1. The molecule has 2 rings (SSSR count). The standard InChI is InChI=1S/C19H23FN2O3S/c1-14-6-7-15(2)18(12-14)26(24,25)22-11-10-21-19(23)9-8-16-4-3-5-17(20)13-16/h3-7,12-13,22H,8-11H2,1-2H3,(H,21,23). The van der Waals surface area contributed by atoms with Gasteiger partial charge in [0.1, 0.15) is 5.82 Å². The molecule has 0 heterocycles. The lowest BCUT2D eigenvalue weighted by atomic mass is 10.1. The summed E-state index contributed by atoms with van der Waals surface area (Å²) < 4.78 is 40.2. The summed E-state index contributed by atoms with van der Waals surface area (Å²) in [7, 11) is -3.61. The molecular weight excluding hydrogens is 355 g/mol. The minimum Gasteiger partial charge on any atom is -0.355 e. The van der Waals surface area contributed by atoms with Crippen LogP contribution in [0.5, 0.6) is 0 Å². The second-order valence-corrected chi connectivity index (χ2v) is 7.88. The lowest BCUT2D eigenvalue weighted by Crippen LogP contribution is -2.35. The molecule has 2 aromatic rings. The third kappa shape index (κ3) is 5.93. The number of halogens is 1. The lowest BCUT2D eigenvalue weighted by molar-refractivity contribution is -0.121. The first kappa shape index (κ1) is 20.1. The number of aryl methyl sites for hydroxylation is 3. The van der Waals surface area contributed by atoms with Crippen LogP contribution in [0.4, 0.5) is 4.39 Å². The molecule has 5 nitrogen and oxygen atoms in total. The molecule has 0 aliphatic rings. The molecule has 7 heteroatoms. The van der Waals surface area contributed by atoms with Crippen LogP contribution in [0.25, 0.3) is 0 Å².